The van der Waals surface area contributed by atoms with E-state index >= 15 is 0 Å². The number of aliphatic imine (C=N–C) groups is 1. The molecule has 6 nitrogen and oxygen atoms in total. The second-order valence-corrected chi connectivity index (χ2v) is 7.17. The largest absolute Gasteiger partial charge is 0.360 e. The first kappa shape index (κ1) is 18.6. The molecule has 0 atom stereocenters. The van der Waals surface area contributed by atoms with Gasteiger partial charge in [-0.05, 0) is 50.9 Å². The molecule has 0 aromatic carbocycles. The molecule has 1 aromatic heterocycles. The summed E-state index contributed by atoms with van der Waals surface area (Å²) >= 11 is 5.43. The molecule has 0 radical (unpaired) electrons. The van der Waals surface area contributed by atoms with Gasteiger partial charge in [-0.15, -0.1) is 0 Å². The third kappa shape index (κ3) is 6.39. The minimum Gasteiger partial charge on any atom is -0.360 e. The van der Waals surface area contributed by atoms with E-state index in [1.807, 2.05) is 19.9 Å². The first-order valence-electron chi connectivity index (χ1n) is 8.63. The van der Waals surface area contributed by atoms with E-state index in [1.54, 1.807) is 0 Å². The predicted molar refractivity (Wildman–Crippen MR) is 103 cm³/mol. The van der Waals surface area contributed by atoms with Crippen LogP contribution in [0.25, 0.3) is 0 Å². The normalized spacial score (nSPS) is 15.6. The van der Waals surface area contributed by atoms with E-state index in [9.17, 15) is 0 Å². The molecule has 132 valence electrons. The third-order valence-electron chi connectivity index (χ3n) is 3.75. The van der Waals surface area contributed by atoms with Crippen molar-refractivity contribution in [3.05, 3.63) is 17.5 Å². The van der Waals surface area contributed by atoms with Gasteiger partial charge in [0.05, 0.1) is 0 Å². The molecule has 0 amide bonds. The Bertz CT molecular complexity index is 572. The summed E-state index contributed by atoms with van der Waals surface area (Å²) in [5.74, 6) is 1.58. The van der Waals surface area contributed by atoms with Gasteiger partial charge in [0.25, 0.3) is 0 Å². The Morgan fingerprint density at radius 2 is 1.88 bits per heavy atom. The number of nitrogens with zero attached hydrogens (tertiary/aromatic N) is 3. The Balaban J connectivity index is 2.03. The summed E-state index contributed by atoms with van der Waals surface area (Å²) in [4.78, 5) is 13.4. The summed E-state index contributed by atoms with van der Waals surface area (Å²) < 4.78 is 0. The maximum atomic E-state index is 5.43. The maximum absolute atomic E-state index is 5.43. The van der Waals surface area contributed by atoms with Crippen LogP contribution in [0.5, 0.6) is 0 Å². The number of aromatic nitrogens is 2. The van der Waals surface area contributed by atoms with Crippen LogP contribution in [0.3, 0.4) is 0 Å². The number of hydrogen-bond acceptors (Lipinski definition) is 4. The highest BCUT2D eigenvalue weighted by Crippen LogP contribution is 2.17. The molecule has 3 N–H and O–H groups in total. The van der Waals surface area contributed by atoms with Crippen molar-refractivity contribution >= 4 is 29.2 Å². The van der Waals surface area contributed by atoms with Crippen molar-refractivity contribution in [2.24, 2.45) is 10.9 Å². The zero-order valence-corrected chi connectivity index (χ0v) is 15.8. The van der Waals surface area contributed by atoms with Crippen molar-refractivity contribution < 1.29 is 0 Å². The van der Waals surface area contributed by atoms with Crippen molar-refractivity contribution in [3.63, 3.8) is 0 Å². The van der Waals surface area contributed by atoms with Gasteiger partial charge in [0, 0.05) is 24.0 Å². The molecule has 1 heterocycles. The lowest BCUT2D eigenvalue weighted by Gasteiger charge is -2.17. The van der Waals surface area contributed by atoms with Gasteiger partial charge in [-0.2, -0.15) is 0 Å². The lowest BCUT2D eigenvalue weighted by atomic mass is 10.2. The minimum atomic E-state index is 0.458. The Morgan fingerprint density at radius 3 is 2.46 bits per heavy atom. The van der Waals surface area contributed by atoms with E-state index in [4.69, 9.17) is 12.2 Å². The molecular formula is C17H28N6S. The van der Waals surface area contributed by atoms with Crippen LogP contribution in [-0.2, 0) is 0 Å². The van der Waals surface area contributed by atoms with Gasteiger partial charge in [0.2, 0.25) is 11.9 Å². The average molecular weight is 349 g/mol. The van der Waals surface area contributed by atoms with Crippen LogP contribution >= 0.6 is 12.2 Å². The Morgan fingerprint density at radius 1 is 1.25 bits per heavy atom. The summed E-state index contributed by atoms with van der Waals surface area (Å²) in [6.45, 7) is 8.86. The van der Waals surface area contributed by atoms with E-state index in [0.29, 0.717) is 35.5 Å². The SMILES string of the molecule is Cc1cc(C)nc(NC(=NCC(C)C)NC(=S)NC2CCCC2)n1. The number of thiocarbonyl (C=S) groups is 1. The summed E-state index contributed by atoms with van der Waals surface area (Å²) in [6, 6.07) is 2.41. The quantitative estimate of drug-likeness (QED) is 0.441. The van der Waals surface area contributed by atoms with Gasteiger partial charge in [-0.3, -0.25) is 10.3 Å². The highest BCUT2D eigenvalue weighted by atomic mass is 32.1. The Hall–Kier alpha value is -1.76. The molecule has 0 spiro atoms. The van der Waals surface area contributed by atoms with E-state index in [-0.39, 0.29) is 0 Å². The fraction of sp³-hybridized carbons (Fsp3) is 0.647. The first-order chi connectivity index (χ1) is 11.4. The van der Waals surface area contributed by atoms with Crippen LogP contribution in [0.2, 0.25) is 0 Å². The molecule has 24 heavy (non-hydrogen) atoms. The van der Waals surface area contributed by atoms with Crippen molar-refractivity contribution in [1.29, 1.82) is 0 Å². The van der Waals surface area contributed by atoms with Crippen LogP contribution < -0.4 is 16.0 Å². The highest BCUT2D eigenvalue weighted by molar-refractivity contribution is 7.80. The van der Waals surface area contributed by atoms with Gasteiger partial charge in [-0.1, -0.05) is 26.7 Å². The summed E-state index contributed by atoms with van der Waals surface area (Å²) in [7, 11) is 0. The summed E-state index contributed by atoms with van der Waals surface area (Å²) in [5.41, 5.74) is 1.83. The number of rotatable bonds is 4. The highest BCUT2D eigenvalue weighted by Gasteiger charge is 2.16. The molecule has 1 fully saturated rings. The smallest absolute Gasteiger partial charge is 0.229 e. The fourth-order valence-corrected chi connectivity index (χ4v) is 2.93. The van der Waals surface area contributed by atoms with Gasteiger partial charge in [0.15, 0.2) is 5.11 Å². The molecule has 1 saturated carbocycles. The van der Waals surface area contributed by atoms with E-state index in [1.165, 1.54) is 25.7 Å². The number of anilines is 1. The fourth-order valence-electron chi connectivity index (χ4n) is 2.67. The summed E-state index contributed by atoms with van der Waals surface area (Å²) in [6.07, 6.45) is 4.88. The molecular weight excluding hydrogens is 320 g/mol. The zero-order chi connectivity index (χ0) is 17.5. The monoisotopic (exact) mass is 348 g/mol. The molecule has 0 unspecified atom stereocenters. The molecule has 2 rings (SSSR count). The summed E-state index contributed by atoms with van der Waals surface area (Å²) in [5, 5.41) is 10.3. The predicted octanol–water partition coefficient (Wildman–Crippen LogP) is 2.92. The van der Waals surface area contributed by atoms with Crippen LogP contribution in [-0.4, -0.2) is 33.6 Å². The molecule has 7 heteroatoms. The standard InChI is InChI=1S/C17H28N6S/c1-11(2)10-18-15(22-16-19-12(3)9-13(4)20-16)23-17(24)21-14-7-5-6-8-14/h9,11,14H,5-8,10H2,1-4H3,(H3,18,19,20,21,22,23,24). The van der Waals surface area contributed by atoms with Gasteiger partial charge >= 0.3 is 0 Å². The van der Waals surface area contributed by atoms with Gasteiger partial charge in [-0.25, -0.2) is 9.97 Å². The second kappa shape index (κ2) is 8.92. The number of aryl methyl sites for hydroxylation is 2. The van der Waals surface area contributed by atoms with Gasteiger partial charge < -0.3 is 10.6 Å². The number of nitrogens with one attached hydrogen (secondary N) is 3. The number of hydrogen-bond donors (Lipinski definition) is 3. The number of guanidine groups is 1. The average Bonchev–Trinajstić information content (AvgIpc) is 2.96. The Kier molecular flexibility index (Phi) is 6.90. The molecule has 0 aliphatic heterocycles. The van der Waals surface area contributed by atoms with E-state index in [0.717, 1.165) is 11.4 Å². The van der Waals surface area contributed by atoms with Crippen molar-refractivity contribution in [2.45, 2.75) is 59.4 Å². The van der Waals surface area contributed by atoms with Crippen LogP contribution in [0.15, 0.2) is 11.1 Å². The van der Waals surface area contributed by atoms with Crippen LogP contribution in [0.4, 0.5) is 5.95 Å². The van der Waals surface area contributed by atoms with E-state index in [2.05, 4.69) is 44.8 Å². The lowest BCUT2D eigenvalue weighted by Crippen LogP contribution is -2.46. The molecule has 0 bridgehead atoms. The Labute approximate surface area is 150 Å². The lowest BCUT2D eigenvalue weighted by molar-refractivity contribution is 0.628. The van der Waals surface area contributed by atoms with Gasteiger partial charge in [0.1, 0.15) is 0 Å². The topological polar surface area (TPSA) is 74.2 Å². The van der Waals surface area contributed by atoms with E-state index < -0.39 is 0 Å². The zero-order valence-electron chi connectivity index (χ0n) is 15.0. The molecule has 1 aliphatic carbocycles. The van der Waals surface area contributed by atoms with Crippen LogP contribution in [0, 0.1) is 19.8 Å². The van der Waals surface area contributed by atoms with Crippen molar-refractivity contribution in [2.75, 3.05) is 11.9 Å². The first-order valence-corrected chi connectivity index (χ1v) is 9.04. The molecule has 1 aromatic rings. The second-order valence-electron chi connectivity index (χ2n) is 6.76. The molecule has 0 saturated heterocycles. The molecule has 1 aliphatic rings. The third-order valence-corrected chi connectivity index (χ3v) is 3.97. The maximum Gasteiger partial charge on any atom is 0.229 e. The van der Waals surface area contributed by atoms with Crippen LogP contribution in [0.1, 0.15) is 50.9 Å². The van der Waals surface area contributed by atoms with Crippen molar-refractivity contribution in [3.8, 4) is 0 Å². The minimum absolute atomic E-state index is 0.458. The van der Waals surface area contributed by atoms with Crippen molar-refractivity contribution in [1.82, 2.24) is 20.6 Å².